The van der Waals surface area contributed by atoms with E-state index >= 15 is 0 Å². The van der Waals surface area contributed by atoms with Crippen LogP contribution in [-0.4, -0.2) is 41.0 Å². The summed E-state index contributed by atoms with van der Waals surface area (Å²) in [5.74, 6) is -0.239. The van der Waals surface area contributed by atoms with Gasteiger partial charge in [0.05, 0.1) is 18.6 Å². The van der Waals surface area contributed by atoms with E-state index < -0.39 is 0 Å². The van der Waals surface area contributed by atoms with Crippen LogP contribution in [0.2, 0.25) is 0 Å². The van der Waals surface area contributed by atoms with E-state index in [0.717, 1.165) is 12.0 Å². The minimum atomic E-state index is -0.329. The standard InChI is InChI=1S/C18H26N2O3/c1-3-13(2)16(12-21)19-18(23)15-9-17(22)20(11-15)10-14-7-5-4-6-8-14/h4-8,13,15-16,21H,3,9-12H2,1-2H3,(H,19,23)/t13-,15-,16+/m0/s1. The monoisotopic (exact) mass is 318 g/mol. The Hall–Kier alpha value is -1.88. The second kappa shape index (κ2) is 8.11. The fourth-order valence-electron chi connectivity index (χ4n) is 2.86. The second-order valence-corrected chi connectivity index (χ2v) is 6.34. The molecular formula is C18H26N2O3. The van der Waals surface area contributed by atoms with E-state index in [1.807, 2.05) is 44.2 Å². The molecule has 1 fully saturated rings. The van der Waals surface area contributed by atoms with E-state index in [1.165, 1.54) is 0 Å². The van der Waals surface area contributed by atoms with Crippen LogP contribution in [0.4, 0.5) is 0 Å². The lowest BCUT2D eigenvalue weighted by Gasteiger charge is -2.24. The third kappa shape index (κ3) is 4.55. The molecule has 5 heteroatoms. The molecule has 126 valence electrons. The molecular weight excluding hydrogens is 292 g/mol. The highest BCUT2D eigenvalue weighted by molar-refractivity contribution is 5.89. The first-order chi connectivity index (χ1) is 11.0. The summed E-state index contributed by atoms with van der Waals surface area (Å²) in [5.41, 5.74) is 1.06. The van der Waals surface area contributed by atoms with E-state index in [-0.39, 0.29) is 42.7 Å². The Morgan fingerprint density at radius 3 is 2.70 bits per heavy atom. The molecule has 1 aliphatic heterocycles. The van der Waals surface area contributed by atoms with Gasteiger partial charge in [-0.15, -0.1) is 0 Å². The van der Waals surface area contributed by atoms with Crippen molar-refractivity contribution in [2.75, 3.05) is 13.2 Å². The number of amides is 2. The van der Waals surface area contributed by atoms with Gasteiger partial charge in [-0.05, 0) is 11.5 Å². The van der Waals surface area contributed by atoms with E-state index in [0.29, 0.717) is 13.1 Å². The van der Waals surface area contributed by atoms with Gasteiger partial charge in [-0.1, -0.05) is 50.6 Å². The lowest BCUT2D eigenvalue weighted by molar-refractivity contribution is -0.129. The smallest absolute Gasteiger partial charge is 0.225 e. The summed E-state index contributed by atoms with van der Waals surface area (Å²) in [6.45, 7) is 4.94. The molecule has 0 aliphatic carbocycles. The molecule has 1 heterocycles. The number of hydrogen-bond acceptors (Lipinski definition) is 3. The molecule has 1 aromatic carbocycles. The molecule has 2 amide bonds. The van der Waals surface area contributed by atoms with Gasteiger partial charge in [0.2, 0.25) is 11.8 Å². The molecule has 23 heavy (non-hydrogen) atoms. The van der Waals surface area contributed by atoms with E-state index in [2.05, 4.69) is 5.32 Å². The molecule has 0 spiro atoms. The van der Waals surface area contributed by atoms with Crippen molar-refractivity contribution in [2.45, 2.75) is 39.3 Å². The predicted molar refractivity (Wildman–Crippen MR) is 88.4 cm³/mol. The molecule has 2 N–H and O–H groups in total. The van der Waals surface area contributed by atoms with Crippen molar-refractivity contribution in [3.05, 3.63) is 35.9 Å². The van der Waals surface area contributed by atoms with Gasteiger partial charge in [0.1, 0.15) is 0 Å². The van der Waals surface area contributed by atoms with Crippen molar-refractivity contribution in [3.8, 4) is 0 Å². The lowest BCUT2D eigenvalue weighted by atomic mass is 9.98. The van der Waals surface area contributed by atoms with E-state index in [1.54, 1.807) is 4.90 Å². The molecule has 0 bridgehead atoms. The molecule has 0 unspecified atom stereocenters. The molecule has 1 saturated heterocycles. The number of nitrogens with one attached hydrogen (secondary N) is 1. The Balaban J connectivity index is 1.92. The summed E-state index contributed by atoms with van der Waals surface area (Å²) in [6, 6.07) is 9.54. The van der Waals surface area contributed by atoms with Crippen molar-refractivity contribution in [1.82, 2.24) is 10.2 Å². The zero-order valence-electron chi connectivity index (χ0n) is 13.9. The molecule has 5 nitrogen and oxygen atoms in total. The Kier molecular flexibility index (Phi) is 6.16. The summed E-state index contributed by atoms with van der Waals surface area (Å²) >= 11 is 0. The highest BCUT2D eigenvalue weighted by Gasteiger charge is 2.35. The molecule has 3 atom stereocenters. The molecule has 0 aromatic heterocycles. The number of nitrogens with zero attached hydrogens (tertiary/aromatic N) is 1. The largest absolute Gasteiger partial charge is 0.394 e. The van der Waals surface area contributed by atoms with Crippen molar-refractivity contribution in [1.29, 1.82) is 0 Å². The summed E-state index contributed by atoms with van der Waals surface area (Å²) in [5, 5.41) is 12.3. The van der Waals surface area contributed by atoms with Gasteiger partial charge in [0, 0.05) is 19.5 Å². The van der Waals surface area contributed by atoms with E-state index in [9.17, 15) is 14.7 Å². The number of carbonyl (C=O) groups excluding carboxylic acids is 2. The van der Waals surface area contributed by atoms with Crippen molar-refractivity contribution >= 4 is 11.8 Å². The van der Waals surface area contributed by atoms with E-state index in [4.69, 9.17) is 0 Å². The third-order valence-electron chi connectivity index (χ3n) is 4.66. The number of aliphatic hydroxyl groups excluding tert-OH is 1. The normalized spacial score (nSPS) is 20.4. The van der Waals surface area contributed by atoms with Crippen molar-refractivity contribution in [3.63, 3.8) is 0 Å². The second-order valence-electron chi connectivity index (χ2n) is 6.34. The number of benzene rings is 1. The Morgan fingerprint density at radius 2 is 2.09 bits per heavy atom. The van der Waals surface area contributed by atoms with Crippen LogP contribution in [0.5, 0.6) is 0 Å². The lowest BCUT2D eigenvalue weighted by Crippen LogP contribution is -2.45. The van der Waals surface area contributed by atoms with Crippen molar-refractivity contribution < 1.29 is 14.7 Å². The number of likely N-dealkylation sites (tertiary alicyclic amines) is 1. The van der Waals surface area contributed by atoms with Crippen LogP contribution in [0, 0.1) is 11.8 Å². The molecule has 1 aromatic rings. The third-order valence-corrected chi connectivity index (χ3v) is 4.66. The van der Waals surface area contributed by atoms with Gasteiger partial charge in [-0.25, -0.2) is 0 Å². The zero-order valence-corrected chi connectivity index (χ0v) is 13.9. The number of rotatable bonds is 7. The predicted octanol–water partition coefficient (Wildman–Crippen LogP) is 1.56. The quantitative estimate of drug-likeness (QED) is 0.801. The minimum absolute atomic E-state index is 0.0121. The first kappa shape index (κ1) is 17.5. The number of carbonyl (C=O) groups is 2. The molecule has 2 rings (SSSR count). The van der Waals surface area contributed by atoms with Crippen LogP contribution in [0.15, 0.2) is 30.3 Å². The average Bonchev–Trinajstić information content (AvgIpc) is 2.93. The minimum Gasteiger partial charge on any atom is -0.394 e. The van der Waals surface area contributed by atoms with Gasteiger partial charge in [-0.3, -0.25) is 9.59 Å². The van der Waals surface area contributed by atoms with Crippen LogP contribution < -0.4 is 5.32 Å². The number of aliphatic hydroxyl groups is 1. The summed E-state index contributed by atoms with van der Waals surface area (Å²) in [6.07, 6.45) is 1.13. The first-order valence-electron chi connectivity index (χ1n) is 8.28. The fraction of sp³-hybridized carbons (Fsp3) is 0.556. The van der Waals surface area contributed by atoms with Crippen LogP contribution in [0.1, 0.15) is 32.3 Å². The summed E-state index contributed by atoms with van der Waals surface area (Å²) < 4.78 is 0. The highest BCUT2D eigenvalue weighted by Crippen LogP contribution is 2.21. The van der Waals surface area contributed by atoms with Crippen LogP contribution in [0.25, 0.3) is 0 Å². The van der Waals surface area contributed by atoms with Crippen LogP contribution >= 0.6 is 0 Å². The van der Waals surface area contributed by atoms with Gasteiger partial charge < -0.3 is 15.3 Å². The highest BCUT2D eigenvalue weighted by atomic mass is 16.3. The maximum absolute atomic E-state index is 12.4. The summed E-state index contributed by atoms with van der Waals surface area (Å²) in [4.78, 5) is 26.2. The number of hydrogen-bond donors (Lipinski definition) is 2. The van der Waals surface area contributed by atoms with Crippen molar-refractivity contribution in [2.24, 2.45) is 11.8 Å². The zero-order chi connectivity index (χ0) is 16.8. The Labute approximate surface area is 137 Å². The molecule has 0 saturated carbocycles. The topological polar surface area (TPSA) is 69.6 Å². The first-order valence-corrected chi connectivity index (χ1v) is 8.28. The van der Waals surface area contributed by atoms with Gasteiger partial charge >= 0.3 is 0 Å². The van der Waals surface area contributed by atoms with Gasteiger partial charge in [0.25, 0.3) is 0 Å². The molecule has 1 aliphatic rings. The maximum atomic E-state index is 12.4. The molecule has 0 radical (unpaired) electrons. The Bertz CT molecular complexity index is 532. The Morgan fingerprint density at radius 1 is 1.39 bits per heavy atom. The summed E-state index contributed by atoms with van der Waals surface area (Å²) in [7, 11) is 0. The fourth-order valence-corrected chi connectivity index (χ4v) is 2.86. The van der Waals surface area contributed by atoms with Gasteiger partial charge in [0.15, 0.2) is 0 Å². The SMILES string of the molecule is CC[C@H](C)[C@@H](CO)NC(=O)[C@H]1CC(=O)N(Cc2ccccc2)C1. The average molecular weight is 318 g/mol. The van der Waals surface area contributed by atoms with Gasteiger partial charge in [-0.2, -0.15) is 0 Å². The van der Waals surface area contributed by atoms with Crippen LogP contribution in [0.3, 0.4) is 0 Å². The maximum Gasteiger partial charge on any atom is 0.225 e. The van der Waals surface area contributed by atoms with Crippen LogP contribution in [-0.2, 0) is 16.1 Å².